The molecule has 1 aliphatic heterocycles. The van der Waals surface area contributed by atoms with E-state index in [9.17, 15) is 0 Å². The molecule has 1 aromatic carbocycles. The van der Waals surface area contributed by atoms with Gasteiger partial charge in [-0.2, -0.15) is 0 Å². The molecule has 0 aliphatic carbocycles. The molecule has 0 atom stereocenters. The van der Waals surface area contributed by atoms with E-state index in [0.717, 1.165) is 10.0 Å². The Morgan fingerprint density at radius 1 is 1.19 bits per heavy atom. The van der Waals surface area contributed by atoms with Crippen molar-refractivity contribution in [1.29, 1.82) is 0 Å². The quantitative estimate of drug-likeness (QED) is 0.856. The summed E-state index contributed by atoms with van der Waals surface area (Å²) < 4.78 is 22.2. The lowest BCUT2D eigenvalue weighted by Gasteiger charge is -2.16. The molecule has 0 spiro atoms. The first-order valence-electron chi connectivity index (χ1n) is 4.91. The Hall–Kier alpha value is -0.780. The molecule has 0 aromatic heterocycles. The fraction of sp³-hybridized carbons (Fsp3) is 0.455. The number of ether oxygens (including phenoxy) is 4. The van der Waals surface area contributed by atoms with Crippen molar-refractivity contribution in [2.45, 2.75) is 6.29 Å². The van der Waals surface area contributed by atoms with Gasteiger partial charge in [0.25, 0.3) is 0 Å². The van der Waals surface area contributed by atoms with Gasteiger partial charge in [-0.15, -0.1) is 0 Å². The van der Waals surface area contributed by atoms with Gasteiger partial charge in [0.1, 0.15) is 0 Å². The molecule has 16 heavy (non-hydrogen) atoms. The van der Waals surface area contributed by atoms with Crippen molar-refractivity contribution in [3.63, 3.8) is 0 Å². The zero-order chi connectivity index (χ0) is 11.5. The Labute approximate surface area is 103 Å². The summed E-state index contributed by atoms with van der Waals surface area (Å²) in [5.41, 5.74) is 0.912. The van der Waals surface area contributed by atoms with Crippen molar-refractivity contribution >= 4 is 15.9 Å². The van der Waals surface area contributed by atoms with Gasteiger partial charge in [-0.05, 0) is 28.1 Å². The maximum atomic E-state index is 5.44. The number of halogens is 1. The van der Waals surface area contributed by atoms with Crippen LogP contribution in [0.3, 0.4) is 0 Å². The van der Waals surface area contributed by atoms with Gasteiger partial charge >= 0.3 is 0 Å². The van der Waals surface area contributed by atoms with Crippen molar-refractivity contribution in [1.82, 2.24) is 0 Å². The smallest absolute Gasteiger partial charge is 0.185 e. The lowest BCUT2D eigenvalue weighted by molar-refractivity contribution is -0.0448. The average molecular weight is 289 g/mol. The Balaban J connectivity index is 2.39. The summed E-state index contributed by atoms with van der Waals surface area (Å²) in [6.45, 7) is 1.23. The van der Waals surface area contributed by atoms with E-state index in [-0.39, 0.29) is 6.29 Å². The molecule has 0 bridgehead atoms. The molecule has 1 aliphatic rings. The lowest BCUT2D eigenvalue weighted by Crippen LogP contribution is -2.01. The van der Waals surface area contributed by atoms with Gasteiger partial charge in [0, 0.05) is 5.56 Å². The third kappa shape index (κ3) is 2.03. The second-order valence-corrected chi connectivity index (χ2v) is 4.07. The van der Waals surface area contributed by atoms with E-state index in [1.54, 1.807) is 14.2 Å². The third-order valence-electron chi connectivity index (χ3n) is 2.39. The van der Waals surface area contributed by atoms with E-state index in [2.05, 4.69) is 15.9 Å². The summed E-state index contributed by atoms with van der Waals surface area (Å²) in [6, 6.07) is 3.74. The van der Waals surface area contributed by atoms with Crippen molar-refractivity contribution in [2.75, 3.05) is 27.4 Å². The minimum absolute atomic E-state index is 0.325. The van der Waals surface area contributed by atoms with E-state index in [1.165, 1.54) is 0 Å². The topological polar surface area (TPSA) is 36.9 Å². The van der Waals surface area contributed by atoms with Crippen LogP contribution in [-0.2, 0) is 9.47 Å². The zero-order valence-corrected chi connectivity index (χ0v) is 10.7. The highest BCUT2D eigenvalue weighted by Crippen LogP contribution is 2.41. The van der Waals surface area contributed by atoms with Gasteiger partial charge in [0.05, 0.1) is 31.9 Å². The molecule has 1 aromatic rings. The van der Waals surface area contributed by atoms with E-state index in [4.69, 9.17) is 18.9 Å². The number of methoxy groups -OCH3 is 2. The summed E-state index contributed by atoms with van der Waals surface area (Å²) >= 11 is 3.48. The van der Waals surface area contributed by atoms with Crippen molar-refractivity contribution in [3.05, 3.63) is 22.2 Å². The van der Waals surface area contributed by atoms with Crippen molar-refractivity contribution < 1.29 is 18.9 Å². The van der Waals surface area contributed by atoms with Gasteiger partial charge in [0.15, 0.2) is 17.8 Å². The zero-order valence-electron chi connectivity index (χ0n) is 9.16. The number of hydrogen-bond donors (Lipinski definition) is 0. The van der Waals surface area contributed by atoms with Gasteiger partial charge in [-0.25, -0.2) is 0 Å². The highest BCUT2D eigenvalue weighted by Gasteiger charge is 2.24. The van der Waals surface area contributed by atoms with Gasteiger partial charge in [0.2, 0.25) is 0 Å². The molecule has 0 radical (unpaired) electrons. The highest BCUT2D eigenvalue weighted by molar-refractivity contribution is 9.10. The van der Waals surface area contributed by atoms with Gasteiger partial charge < -0.3 is 18.9 Å². The minimum atomic E-state index is -0.325. The van der Waals surface area contributed by atoms with Gasteiger partial charge in [-0.1, -0.05) is 0 Å². The van der Waals surface area contributed by atoms with Crippen LogP contribution in [0.5, 0.6) is 11.5 Å². The summed E-state index contributed by atoms with van der Waals surface area (Å²) in [6.07, 6.45) is -0.325. The highest BCUT2D eigenvalue weighted by atomic mass is 79.9. The van der Waals surface area contributed by atoms with E-state index < -0.39 is 0 Å². The second-order valence-electron chi connectivity index (χ2n) is 3.28. The molecule has 0 saturated carbocycles. The molecule has 4 nitrogen and oxygen atoms in total. The predicted molar refractivity (Wildman–Crippen MR) is 61.9 cm³/mol. The molecular weight excluding hydrogens is 276 g/mol. The van der Waals surface area contributed by atoms with Crippen LogP contribution in [0.4, 0.5) is 0 Å². The molecule has 0 N–H and O–H groups in total. The molecule has 1 saturated heterocycles. The van der Waals surface area contributed by atoms with E-state index >= 15 is 0 Å². The predicted octanol–water partition coefficient (Wildman–Crippen LogP) is 2.51. The van der Waals surface area contributed by atoms with Crippen LogP contribution >= 0.6 is 15.9 Å². The molecule has 0 amide bonds. The molecule has 1 fully saturated rings. The molecule has 5 heteroatoms. The van der Waals surface area contributed by atoms with Crippen LogP contribution in [0.15, 0.2) is 16.6 Å². The monoisotopic (exact) mass is 288 g/mol. The first-order chi connectivity index (χ1) is 7.77. The molecule has 1 heterocycles. The first-order valence-corrected chi connectivity index (χ1v) is 5.70. The van der Waals surface area contributed by atoms with Crippen molar-refractivity contribution in [3.8, 4) is 11.5 Å². The molecule has 88 valence electrons. The summed E-state index contributed by atoms with van der Waals surface area (Å²) in [5, 5.41) is 0. The van der Waals surface area contributed by atoms with Crippen LogP contribution in [0.1, 0.15) is 11.9 Å². The first kappa shape index (κ1) is 11.7. The maximum Gasteiger partial charge on any atom is 0.185 e. The second kappa shape index (κ2) is 5.03. The van der Waals surface area contributed by atoms with Gasteiger partial charge in [-0.3, -0.25) is 0 Å². The minimum Gasteiger partial charge on any atom is -0.493 e. The Bertz CT molecular complexity index is 374. The Morgan fingerprint density at radius 2 is 1.88 bits per heavy atom. The maximum absolute atomic E-state index is 5.44. The van der Waals surface area contributed by atoms with Crippen LogP contribution in [-0.4, -0.2) is 27.4 Å². The number of benzene rings is 1. The largest absolute Gasteiger partial charge is 0.493 e. The molecule has 2 rings (SSSR count). The fourth-order valence-corrected chi connectivity index (χ4v) is 2.30. The van der Waals surface area contributed by atoms with Crippen LogP contribution in [0.2, 0.25) is 0 Å². The molecule has 0 unspecified atom stereocenters. The average Bonchev–Trinajstić information content (AvgIpc) is 2.81. The summed E-state index contributed by atoms with van der Waals surface area (Å²) in [7, 11) is 3.20. The summed E-state index contributed by atoms with van der Waals surface area (Å²) in [4.78, 5) is 0. The number of hydrogen-bond acceptors (Lipinski definition) is 4. The number of rotatable bonds is 3. The standard InChI is InChI=1S/C11H13BrO4/c1-13-8-4-3-7(9(12)10(8)14-2)11-15-5-6-16-11/h3-4,11H,5-6H2,1-2H3. The summed E-state index contributed by atoms with van der Waals surface area (Å²) in [5.74, 6) is 1.33. The van der Waals surface area contributed by atoms with E-state index in [0.29, 0.717) is 24.7 Å². The van der Waals surface area contributed by atoms with Crippen LogP contribution < -0.4 is 9.47 Å². The van der Waals surface area contributed by atoms with E-state index in [1.807, 2.05) is 12.1 Å². The SMILES string of the molecule is COc1ccc(C2OCCO2)c(Br)c1OC. The van der Waals surface area contributed by atoms with Crippen molar-refractivity contribution in [2.24, 2.45) is 0 Å². The third-order valence-corrected chi connectivity index (χ3v) is 3.21. The van der Waals surface area contributed by atoms with Crippen LogP contribution in [0.25, 0.3) is 0 Å². The lowest BCUT2D eigenvalue weighted by atomic mass is 10.2. The molecular formula is C11H13BrO4. The van der Waals surface area contributed by atoms with Crippen LogP contribution in [0, 0.1) is 0 Å². The Morgan fingerprint density at radius 3 is 2.44 bits per heavy atom. The Kier molecular flexibility index (Phi) is 3.68. The normalized spacial score (nSPS) is 16.4. The fourth-order valence-electron chi connectivity index (χ4n) is 1.62.